The molecule has 0 amide bonds. The van der Waals surface area contributed by atoms with Gasteiger partial charge in [0.1, 0.15) is 11.9 Å². The van der Waals surface area contributed by atoms with Crippen molar-refractivity contribution in [2.24, 2.45) is 0 Å². The molecule has 0 radical (unpaired) electrons. The lowest BCUT2D eigenvalue weighted by molar-refractivity contribution is -0.0202. The number of hydrogen-bond acceptors (Lipinski definition) is 5. The molecule has 16 heavy (non-hydrogen) atoms. The molecule has 1 aromatic rings. The van der Waals surface area contributed by atoms with E-state index in [0.29, 0.717) is 23.6 Å². The van der Waals surface area contributed by atoms with E-state index in [1.807, 2.05) is 6.07 Å². The third-order valence-corrected chi connectivity index (χ3v) is 2.92. The molecule has 1 heterocycles. The molecule has 0 bridgehead atoms. The van der Waals surface area contributed by atoms with Gasteiger partial charge < -0.3 is 16.2 Å². The molecule has 1 aromatic heterocycles. The molecule has 4 N–H and O–H groups in total. The molecule has 5 heteroatoms. The van der Waals surface area contributed by atoms with E-state index in [9.17, 15) is 5.11 Å². The fourth-order valence-corrected chi connectivity index (χ4v) is 1.70. The van der Waals surface area contributed by atoms with E-state index in [-0.39, 0.29) is 0 Å². The number of aromatic nitrogens is 1. The van der Waals surface area contributed by atoms with Gasteiger partial charge in [0.15, 0.2) is 0 Å². The summed E-state index contributed by atoms with van der Waals surface area (Å²) in [5.41, 5.74) is 5.99. The normalized spacial score (nSPS) is 17.2. The maximum atomic E-state index is 9.88. The predicted octanol–water partition coefficient (Wildman–Crippen LogP) is 0.862. The Labute approximate surface area is 93.9 Å². The molecule has 0 atom stereocenters. The number of pyridine rings is 1. The summed E-state index contributed by atoms with van der Waals surface area (Å²) in [6.45, 7) is 0.454. The topological polar surface area (TPSA) is 95.0 Å². The van der Waals surface area contributed by atoms with Gasteiger partial charge in [-0.1, -0.05) is 0 Å². The molecule has 0 spiro atoms. The van der Waals surface area contributed by atoms with Crippen molar-refractivity contribution in [3.63, 3.8) is 0 Å². The van der Waals surface area contributed by atoms with Gasteiger partial charge in [0, 0.05) is 12.7 Å². The quantitative estimate of drug-likeness (QED) is 0.699. The maximum absolute atomic E-state index is 9.88. The van der Waals surface area contributed by atoms with Crippen LogP contribution in [0, 0.1) is 11.3 Å². The van der Waals surface area contributed by atoms with Crippen molar-refractivity contribution in [1.29, 1.82) is 5.26 Å². The minimum Gasteiger partial charge on any atom is -0.396 e. The number of nitrogens with one attached hydrogen (secondary N) is 1. The fraction of sp³-hybridized carbons (Fsp3) is 0.455. The first kappa shape index (κ1) is 10.7. The summed E-state index contributed by atoms with van der Waals surface area (Å²) < 4.78 is 0. The third-order valence-electron chi connectivity index (χ3n) is 2.92. The number of anilines is 2. The van der Waals surface area contributed by atoms with Crippen LogP contribution in [0.1, 0.15) is 24.8 Å². The van der Waals surface area contributed by atoms with E-state index in [1.54, 1.807) is 6.07 Å². The van der Waals surface area contributed by atoms with Gasteiger partial charge in [0.05, 0.1) is 16.9 Å². The molecule has 1 aliphatic rings. The van der Waals surface area contributed by atoms with Crippen molar-refractivity contribution in [2.75, 3.05) is 17.6 Å². The molecule has 0 aromatic carbocycles. The highest BCUT2D eigenvalue weighted by molar-refractivity contribution is 5.63. The fourth-order valence-electron chi connectivity index (χ4n) is 1.70. The van der Waals surface area contributed by atoms with E-state index < -0.39 is 5.60 Å². The average Bonchev–Trinajstić information content (AvgIpc) is 2.25. The zero-order valence-corrected chi connectivity index (χ0v) is 8.90. The Bertz CT molecular complexity index is 434. The molecule has 0 unspecified atom stereocenters. The van der Waals surface area contributed by atoms with Crippen molar-refractivity contribution in [3.05, 3.63) is 17.8 Å². The van der Waals surface area contributed by atoms with Crippen LogP contribution in [-0.2, 0) is 0 Å². The monoisotopic (exact) mass is 218 g/mol. The van der Waals surface area contributed by atoms with Crippen LogP contribution in [0.25, 0.3) is 0 Å². The van der Waals surface area contributed by atoms with Crippen LogP contribution in [0.4, 0.5) is 11.5 Å². The SMILES string of the molecule is N#Cc1cnc(NCC2(O)CCC2)c(N)c1. The summed E-state index contributed by atoms with van der Waals surface area (Å²) in [5, 5.41) is 21.5. The lowest BCUT2D eigenvalue weighted by Crippen LogP contribution is -2.43. The molecule has 5 nitrogen and oxygen atoms in total. The smallest absolute Gasteiger partial charge is 0.149 e. The van der Waals surface area contributed by atoms with E-state index in [2.05, 4.69) is 10.3 Å². The van der Waals surface area contributed by atoms with E-state index in [0.717, 1.165) is 19.3 Å². The van der Waals surface area contributed by atoms with Crippen molar-refractivity contribution < 1.29 is 5.11 Å². The maximum Gasteiger partial charge on any atom is 0.149 e. The second-order valence-electron chi connectivity index (χ2n) is 4.21. The lowest BCUT2D eigenvalue weighted by atomic mass is 9.80. The molecule has 84 valence electrons. The van der Waals surface area contributed by atoms with Crippen LogP contribution in [0.5, 0.6) is 0 Å². The van der Waals surface area contributed by atoms with Gasteiger partial charge in [-0.05, 0) is 25.3 Å². The highest BCUT2D eigenvalue weighted by Gasteiger charge is 2.34. The Kier molecular flexibility index (Phi) is 2.67. The number of hydrogen-bond donors (Lipinski definition) is 3. The summed E-state index contributed by atoms with van der Waals surface area (Å²) in [6, 6.07) is 3.54. The number of nitrogens with two attached hydrogens (primary N) is 1. The average molecular weight is 218 g/mol. The zero-order valence-electron chi connectivity index (χ0n) is 8.90. The van der Waals surface area contributed by atoms with Crippen LogP contribution in [0.3, 0.4) is 0 Å². The van der Waals surface area contributed by atoms with Gasteiger partial charge in [-0.3, -0.25) is 0 Å². The number of aliphatic hydroxyl groups is 1. The van der Waals surface area contributed by atoms with Crippen LogP contribution in [0.2, 0.25) is 0 Å². The number of nitriles is 1. The summed E-state index contributed by atoms with van der Waals surface area (Å²) in [5.74, 6) is 0.527. The van der Waals surface area contributed by atoms with Crippen molar-refractivity contribution in [3.8, 4) is 6.07 Å². The second kappa shape index (κ2) is 3.99. The van der Waals surface area contributed by atoms with Gasteiger partial charge in [0.2, 0.25) is 0 Å². The van der Waals surface area contributed by atoms with Crippen LogP contribution >= 0.6 is 0 Å². The van der Waals surface area contributed by atoms with Gasteiger partial charge in [-0.2, -0.15) is 5.26 Å². The number of nitrogen functional groups attached to an aromatic ring is 1. The van der Waals surface area contributed by atoms with E-state index >= 15 is 0 Å². The van der Waals surface area contributed by atoms with Crippen molar-refractivity contribution >= 4 is 11.5 Å². The van der Waals surface area contributed by atoms with Crippen molar-refractivity contribution in [2.45, 2.75) is 24.9 Å². The first-order chi connectivity index (χ1) is 7.63. The summed E-state index contributed by atoms with van der Waals surface area (Å²) in [6.07, 6.45) is 4.16. The standard InChI is InChI=1S/C11H14N4O/c12-5-8-4-9(13)10(14-6-8)15-7-11(16)2-1-3-11/h4,6,16H,1-3,7,13H2,(H,14,15). The Morgan fingerprint density at radius 2 is 2.38 bits per heavy atom. The minimum absolute atomic E-state index is 0.432. The van der Waals surface area contributed by atoms with Gasteiger partial charge >= 0.3 is 0 Å². The summed E-state index contributed by atoms with van der Waals surface area (Å²) in [4.78, 5) is 4.04. The first-order valence-electron chi connectivity index (χ1n) is 5.25. The Hall–Kier alpha value is -1.80. The van der Waals surface area contributed by atoms with Gasteiger partial charge in [0.25, 0.3) is 0 Å². The van der Waals surface area contributed by atoms with Crippen molar-refractivity contribution in [1.82, 2.24) is 4.98 Å². The number of nitrogens with zero attached hydrogens (tertiary/aromatic N) is 2. The molecular weight excluding hydrogens is 204 g/mol. The van der Waals surface area contributed by atoms with Crippen LogP contribution < -0.4 is 11.1 Å². The lowest BCUT2D eigenvalue weighted by Gasteiger charge is -2.36. The van der Waals surface area contributed by atoms with Crippen LogP contribution in [0.15, 0.2) is 12.3 Å². The molecule has 1 fully saturated rings. The van der Waals surface area contributed by atoms with Crippen LogP contribution in [-0.4, -0.2) is 22.2 Å². The molecule has 0 saturated heterocycles. The molecule has 2 rings (SSSR count). The molecular formula is C11H14N4O. The Balaban J connectivity index is 2.02. The zero-order chi connectivity index (χ0) is 11.6. The molecule has 0 aliphatic heterocycles. The highest BCUT2D eigenvalue weighted by atomic mass is 16.3. The third kappa shape index (κ3) is 2.07. The molecule has 1 aliphatic carbocycles. The van der Waals surface area contributed by atoms with E-state index in [1.165, 1.54) is 6.20 Å². The van der Waals surface area contributed by atoms with E-state index in [4.69, 9.17) is 11.0 Å². The Morgan fingerprint density at radius 3 is 2.88 bits per heavy atom. The predicted molar refractivity (Wildman–Crippen MR) is 60.7 cm³/mol. The van der Waals surface area contributed by atoms with Gasteiger partial charge in [-0.15, -0.1) is 0 Å². The minimum atomic E-state index is -0.609. The second-order valence-corrected chi connectivity index (χ2v) is 4.21. The van der Waals surface area contributed by atoms with Gasteiger partial charge in [-0.25, -0.2) is 4.98 Å². The highest BCUT2D eigenvalue weighted by Crippen LogP contribution is 2.31. The first-order valence-corrected chi connectivity index (χ1v) is 5.25. The Morgan fingerprint density at radius 1 is 1.62 bits per heavy atom. The molecule has 1 saturated carbocycles. The summed E-state index contributed by atoms with van der Waals surface area (Å²) >= 11 is 0. The summed E-state index contributed by atoms with van der Waals surface area (Å²) in [7, 11) is 0. The number of rotatable bonds is 3. The largest absolute Gasteiger partial charge is 0.396 e.